The molecule has 0 aromatic carbocycles. The topological polar surface area (TPSA) is 51.0 Å². The predicted octanol–water partition coefficient (Wildman–Crippen LogP) is 0.537. The Hall–Kier alpha value is -0.200. The molecule has 0 aliphatic carbocycles. The number of piperazine rings is 1. The summed E-state index contributed by atoms with van der Waals surface area (Å²) in [5, 5.41) is 0. The lowest BCUT2D eigenvalue weighted by Gasteiger charge is -2.45. The molecule has 2 N–H and O–H groups in total. The van der Waals surface area contributed by atoms with Crippen LogP contribution in [0.1, 0.15) is 26.2 Å². The second-order valence-electron chi connectivity index (χ2n) is 7.16. The Kier molecular flexibility index (Phi) is 5.17. The van der Waals surface area contributed by atoms with Crippen molar-refractivity contribution < 1.29 is 9.47 Å². The van der Waals surface area contributed by atoms with E-state index in [0.29, 0.717) is 12.0 Å². The molecule has 21 heavy (non-hydrogen) atoms. The van der Waals surface area contributed by atoms with Crippen LogP contribution in [-0.4, -0.2) is 80.5 Å². The molecule has 0 aromatic rings. The molecule has 5 heteroatoms. The summed E-state index contributed by atoms with van der Waals surface area (Å²) in [7, 11) is 0. The average Bonchev–Trinajstić information content (AvgIpc) is 2.95. The maximum Gasteiger partial charge on any atom is 0.0951 e. The molecule has 3 aliphatic rings. The maximum atomic E-state index is 6.06. The average molecular weight is 297 g/mol. The Bertz CT molecular complexity index is 325. The van der Waals surface area contributed by atoms with E-state index in [0.717, 1.165) is 45.8 Å². The number of hydrogen-bond donors (Lipinski definition) is 1. The first kappa shape index (κ1) is 15.7. The van der Waals surface area contributed by atoms with E-state index in [4.69, 9.17) is 15.2 Å². The number of hydrogen-bond acceptors (Lipinski definition) is 5. The molecule has 3 aliphatic heterocycles. The molecular formula is C16H31N3O2. The Labute approximate surface area is 128 Å². The normalized spacial score (nSPS) is 37.1. The van der Waals surface area contributed by atoms with Crippen molar-refractivity contribution in [2.24, 2.45) is 11.7 Å². The number of ether oxygens (including phenoxy) is 2. The number of nitrogens with zero attached hydrogens (tertiary/aromatic N) is 2. The molecule has 3 saturated heterocycles. The van der Waals surface area contributed by atoms with Gasteiger partial charge in [-0.05, 0) is 25.3 Å². The highest BCUT2D eigenvalue weighted by Crippen LogP contribution is 2.35. The third-order valence-corrected chi connectivity index (χ3v) is 5.43. The molecule has 3 heterocycles. The fraction of sp³-hybridized carbons (Fsp3) is 1.00. The fourth-order valence-corrected chi connectivity index (χ4v) is 4.00. The summed E-state index contributed by atoms with van der Waals surface area (Å²) >= 11 is 0. The molecule has 0 bridgehead atoms. The predicted molar refractivity (Wildman–Crippen MR) is 83.4 cm³/mol. The van der Waals surface area contributed by atoms with E-state index in [9.17, 15) is 0 Å². The van der Waals surface area contributed by atoms with E-state index in [1.165, 1.54) is 32.6 Å². The maximum absolute atomic E-state index is 6.06. The van der Waals surface area contributed by atoms with Crippen LogP contribution >= 0.6 is 0 Å². The summed E-state index contributed by atoms with van der Waals surface area (Å²) in [6, 6.07) is 0.689. The Morgan fingerprint density at radius 3 is 2.71 bits per heavy atom. The van der Waals surface area contributed by atoms with Crippen LogP contribution in [0.2, 0.25) is 0 Å². The van der Waals surface area contributed by atoms with Gasteiger partial charge in [0.1, 0.15) is 0 Å². The monoisotopic (exact) mass is 297 g/mol. The van der Waals surface area contributed by atoms with Crippen molar-refractivity contribution in [3.05, 3.63) is 0 Å². The summed E-state index contributed by atoms with van der Waals surface area (Å²) in [6.07, 6.45) is 3.42. The molecule has 3 fully saturated rings. The molecule has 5 nitrogen and oxygen atoms in total. The van der Waals surface area contributed by atoms with E-state index in [1.807, 2.05) is 0 Å². The highest BCUT2D eigenvalue weighted by Gasteiger charge is 2.42. The van der Waals surface area contributed by atoms with Crippen molar-refractivity contribution in [1.29, 1.82) is 0 Å². The largest absolute Gasteiger partial charge is 0.378 e. The molecule has 3 atom stereocenters. The standard InChI is InChI=1S/C16H31N3O2/c1-14(11-17)12-18-4-6-19(7-5-18)15-2-8-21-16(10-15)3-9-20-13-16/h14-15H,2-13,17H2,1H3. The van der Waals surface area contributed by atoms with Crippen LogP contribution in [0.3, 0.4) is 0 Å². The Balaban J connectivity index is 1.48. The smallest absolute Gasteiger partial charge is 0.0951 e. The van der Waals surface area contributed by atoms with E-state index in [-0.39, 0.29) is 5.60 Å². The molecule has 3 unspecified atom stereocenters. The zero-order chi connectivity index (χ0) is 14.7. The lowest BCUT2D eigenvalue weighted by atomic mass is 9.88. The van der Waals surface area contributed by atoms with Gasteiger partial charge in [0, 0.05) is 58.4 Å². The molecule has 3 rings (SSSR count). The minimum absolute atomic E-state index is 0.0358. The summed E-state index contributed by atoms with van der Waals surface area (Å²) in [4.78, 5) is 5.26. The lowest BCUT2D eigenvalue weighted by Crippen LogP contribution is -2.55. The first-order valence-corrected chi connectivity index (χ1v) is 8.59. The van der Waals surface area contributed by atoms with Gasteiger partial charge in [0.25, 0.3) is 0 Å². The van der Waals surface area contributed by atoms with Crippen LogP contribution in [0.4, 0.5) is 0 Å². The number of rotatable bonds is 4. The van der Waals surface area contributed by atoms with Gasteiger partial charge in [-0.1, -0.05) is 6.92 Å². The zero-order valence-corrected chi connectivity index (χ0v) is 13.4. The molecule has 0 radical (unpaired) electrons. The van der Waals surface area contributed by atoms with Crippen molar-refractivity contribution >= 4 is 0 Å². The van der Waals surface area contributed by atoms with Gasteiger partial charge in [-0.25, -0.2) is 0 Å². The molecule has 0 amide bonds. The Morgan fingerprint density at radius 2 is 2.05 bits per heavy atom. The van der Waals surface area contributed by atoms with Crippen molar-refractivity contribution in [1.82, 2.24) is 9.80 Å². The second-order valence-corrected chi connectivity index (χ2v) is 7.16. The van der Waals surface area contributed by atoms with Crippen molar-refractivity contribution in [3.8, 4) is 0 Å². The first-order chi connectivity index (χ1) is 10.2. The van der Waals surface area contributed by atoms with Gasteiger partial charge < -0.3 is 20.1 Å². The van der Waals surface area contributed by atoms with Gasteiger partial charge in [0.2, 0.25) is 0 Å². The number of nitrogens with two attached hydrogens (primary N) is 1. The SMILES string of the molecule is CC(CN)CN1CCN(C2CCOC3(CCOC3)C2)CC1. The molecular weight excluding hydrogens is 266 g/mol. The van der Waals surface area contributed by atoms with Gasteiger partial charge in [-0.3, -0.25) is 4.90 Å². The zero-order valence-electron chi connectivity index (χ0n) is 13.4. The highest BCUT2D eigenvalue weighted by atomic mass is 16.6. The summed E-state index contributed by atoms with van der Waals surface area (Å²) < 4.78 is 11.6. The minimum Gasteiger partial charge on any atom is -0.378 e. The quantitative estimate of drug-likeness (QED) is 0.821. The molecule has 0 aromatic heterocycles. The van der Waals surface area contributed by atoms with Crippen LogP contribution < -0.4 is 5.73 Å². The van der Waals surface area contributed by atoms with E-state index in [2.05, 4.69) is 16.7 Å². The van der Waals surface area contributed by atoms with Gasteiger partial charge in [-0.2, -0.15) is 0 Å². The van der Waals surface area contributed by atoms with Gasteiger partial charge in [0.05, 0.1) is 12.2 Å². The third-order valence-electron chi connectivity index (χ3n) is 5.43. The summed E-state index contributed by atoms with van der Waals surface area (Å²) in [6.45, 7) is 11.5. The van der Waals surface area contributed by atoms with Crippen molar-refractivity contribution in [2.75, 3.05) is 59.1 Å². The summed E-state index contributed by atoms with van der Waals surface area (Å²) in [5.74, 6) is 0.610. The minimum atomic E-state index is 0.0358. The van der Waals surface area contributed by atoms with Gasteiger partial charge in [-0.15, -0.1) is 0 Å². The van der Waals surface area contributed by atoms with Gasteiger partial charge >= 0.3 is 0 Å². The summed E-state index contributed by atoms with van der Waals surface area (Å²) in [5.41, 5.74) is 5.77. The van der Waals surface area contributed by atoms with Crippen LogP contribution in [0, 0.1) is 5.92 Å². The van der Waals surface area contributed by atoms with E-state index < -0.39 is 0 Å². The van der Waals surface area contributed by atoms with Crippen LogP contribution in [-0.2, 0) is 9.47 Å². The lowest BCUT2D eigenvalue weighted by molar-refractivity contribution is -0.110. The first-order valence-electron chi connectivity index (χ1n) is 8.59. The van der Waals surface area contributed by atoms with Crippen molar-refractivity contribution in [3.63, 3.8) is 0 Å². The third kappa shape index (κ3) is 3.77. The van der Waals surface area contributed by atoms with Gasteiger partial charge in [0.15, 0.2) is 0 Å². The highest BCUT2D eigenvalue weighted by molar-refractivity contribution is 4.94. The van der Waals surface area contributed by atoms with Crippen LogP contribution in [0.15, 0.2) is 0 Å². The van der Waals surface area contributed by atoms with Crippen molar-refractivity contribution in [2.45, 2.75) is 37.8 Å². The fourth-order valence-electron chi connectivity index (χ4n) is 4.00. The van der Waals surface area contributed by atoms with Crippen LogP contribution in [0.25, 0.3) is 0 Å². The molecule has 1 spiro atoms. The van der Waals surface area contributed by atoms with E-state index >= 15 is 0 Å². The Morgan fingerprint density at radius 1 is 1.24 bits per heavy atom. The van der Waals surface area contributed by atoms with Crippen LogP contribution in [0.5, 0.6) is 0 Å². The molecule has 122 valence electrons. The second kappa shape index (κ2) is 6.92. The van der Waals surface area contributed by atoms with E-state index in [1.54, 1.807) is 0 Å². The molecule has 0 saturated carbocycles.